The Bertz CT molecular complexity index is 526. The second-order valence-electron chi connectivity index (χ2n) is 6.58. The predicted molar refractivity (Wildman–Crippen MR) is 78.6 cm³/mol. The molecule has 0 amide bonds. The molecular formula is C17H23NO2. The van der Waals surface area contributed by atoms with Gasteiger partial charge in [-0.3, -0.25) is 0 Å². The van der Waals surface area contributed by atoms with Crippen LogP contribution in [0.3, 0.4) is 0 Å². The molecule has 20 heavy (non-hydrogen) atoms. The molecule has 2 atom stereocenters. The number of carbonyl (C=O) groups is 1. The molecule has 2 unspecified atom stereocenters. The van der Waals surface area contributed by atoms with E-state index in [0.29, 0.717) is 17.9 Å². The molecule has 2 heterocycles. The van der Waals surface area contributed by atoms with Crippen molar-refractivity contribution in [2.24, 2.45) is 11.8 Å². The number of nitrogens with zero attached hydrogens (tertiary/aromatic N) is 1. The van der Waals surface area contributed by atoms with Crippen LogP contribution in [0.25, 0.3) is 0 Å². The summed E-state index contributed by atoms with van der Waals surface area (Å²) in [5.41, 5.74) is 1.41. The van der Waals surface area contributed by atoms with Crippen molar-refractivity contribution >= 4 is 5.97 Å². The Kier molecular flexibility index (Phi) is 3.13. The normalized spacial score (nSPS) is 33.5. The summed E-state index contributed by atoms with van der Waals surface area (Å²) in [5, 5.41) is 0. The lowest BCUT2D eigenvalue weighted by Crippen LogP contribution is -2.56. The molecule has 0 aromatic heterocycles. The van der Waals surface area contributed by atoms with Crippen LogP contribution in [0.1, 0.15) is 43.6 Å². The fourth-order valence-corrected chi connectivity index (χ4v) is 3.95. The van der Waals surface area contributed by atoms with Crippen LogP contribution in [0.15, 0.2) is 24.3 Å². The third-order valence-electron chi connectivity index (χ3n) is 5.04. The van der Waals surface area contributed by atoms with Crippen LogP contribution in [0.4, 0.5) is 0 Å². The Hall–Kier alpha value is -1.35. The second kappa shape index (κ2) is 4.59. The van der Waals surface area contributed by atoms with Crippen molar-refractivity contribution in [3.8, 4) is 0 Å². The summed E-state index contributed by atoms with van der Waals surface area (Å²) >= 11 is 0. The molecule has 3 heteroatoms. The summed E-state index contributed by atoms with van der Waals surface area (Å²) in [6, 6.07) is 8.41. The molecule has 0 bridgehead atoms. The number of hydrogen-bond acceptors (Lipinski definition) is 3. The number of fused-ring (bicyclic) bond motifs is 2. The first-order valence-corrected chi connectivity index (χ1v) is 7.53. The number of benzene rings is 1. The first kappa shape index (κ1) is 13.6. The molecular weight excluding hydrogens is 250 g/mol. The van der Waals surface area contributed by atoms with Crippen LogP contribution in [0.5, 0.6) is 0 Å². The van der Waals surface area contributed by atoms with E-state index < -0.39 is 5.60 Å². The van der Waals surface area contributed by atoms with E-state index >= 15 is 0 Å². The maximum Gasteiger partial charge on any atom is 0.339 e. The molecule has 2 aliphatic heterocycles. The van der Waals surface area contributed by atoms with Gasteiger partial charge in [0.25, 0.3) is 0 Å². The molecule has 0 saturated carbocycles. The van der Waals surface area contributed by atoms with Gasteiger partial charge in [0.2, 0.25) is 0 Å². The Morgan fingerprint density at radius 1 is 1.20 bits per heavy atom. The quantitative estimate of drug-likeness (QED) is 0.737. The van der Waals surface area contributed by atoms with Gasteiger partial charge in [0, 0.05) is 36.5 Å². The number of carbonyl (C=O) groups excluding carboxylic acids is 1. The van der Waals surface area contributed by atoms with Gasteiger partial charge in [-0.2, -0.15) is 0 Å². The zero-order chi connectivity index (χ0) is 14.5. The lowest BCUT2D eigenvalue weighted by Gasteiger charge is -2.49. The van der Waals surface area contributed by atoms with Crippen LogP contribution in [-0.2, 0) is 10.3 Å². The largest absolute Gasteiger partial charge is 0.450 e. The fourth-order valence-electron chi connectivity index (χ4n) is 3.95. The van der Waals surface area contributed by atoms with E-state index in [9.17, 15) is 4.79 Å². The van der Waals surface area contributed by atoms with Gasteiger partial charge in [0.1, 0.15) is 5.60 Å². The molecule has 2 aliphatic rings. The summed E-state index contributed by atoms with van der Waals surface area (Å²) in [7, 11) is 0. The number of esters is 1. The van der Waals surface area contributed by atoms with E-state index in [1.54, 1.807) is 0 Å². The van der Waals surface area contributed by atoms with Crippen molar-refractivity contribution in [2.75, 3.05) is 13.1 Å². The van der Waals surface area contributed by atoms with Gasteiger partial charge in [-0.25, -0.2) is 4.79 Å². The highest BCUT2D eigenvalue weighted by atomic mass is 16.6. The average molecular weight is 273 g/mol. The monoisotopic (exact) mass is 273 g/mol. The topological polar surface area (TPSA) is 29.5 Å². The number of ether oxygens (including phenoxy) is 1. The van der Waals surface area contributed by atoms with E-state index in [1.165, 1.54) is 0 Å². The Morgan fingerprint density at radius 3 is 2.40 bits per heavy atom. The predicted octanol–water partition coefficient (Wildman–Crippen LogP) is 3.05. The molecule has 0 radical (unpaired) electrons. The maximum atomic E-state index is 12.2. The zero-order valence-corrected chi connectivity index (χ0v) is 12.7. The van der Waals surface area contributed by atoms with Crippen LogP contribution >= 0.6 is 0 Å². The Morgan fingerprint density at radius 2 is 1.80 bits per heavy atom. The Labute approximate surface area is 120 Å². The van der Waals surface area contributed by atoms with E-state index in [4.69, 9.17) is 4.74 Å². The minimum Gasteiger partial charge on any atom is -0.450 e. The first-order chi connectivity index (χ1) is 9.46. The van der Waals surface area contributed by atoms with Crippen molar-refractivity contribution in [1.82, 2.24) is 4.90 Å². The van der Waals surface area contributed by atoms with Crippen LogP contribution in [0, 0.1) is 11.8 Å². The second-order valence-corrected chi connectivity index (χ2v) is 6.58. The van der Waals surface area contributed by atoms with Gasteiger partial charge < -0.3 is 9.64 Å². The van der Waals surface area contributed by atoms with Gasteiger partial charge in [0.15, 0.2) is 0 Å². The number of rotatable bonds is 1. The molecule has 1 aromatic carbocycles. The highest BCUT2D eigenvalue weighted by Gasteiger charge is 2.55. The van der Waals surface area contributed by atoms with E-state index in [0.717, 1.165) is 24.2 Å². The van der Waals surface area contributed by atoms with Crippen molar-refractivity contribution in [2.45, 2.75) is 39.3 Å². The highest BCUT2D eigenvalue weighted by molar-refractivity contribution is 5.94. The molecule has 0 N–H and O–H groups in total. The summed E-state index contributed by atoms with van der Waals surface area (Å²) in [4.78, 5) is 14.7. The summed E-state index contributed by atoms with van der Waals surface area (Å²) in [6.45, 7) is 10.8. The Balaban J connectivity index is 2.04. The van der Waals surface area contributed by atoms with Gasteiger partial charge >= 0.3 is 5.97 Å². The van der Waals surface area contributed by atoms with E-state index in [1.807, 2.05) is 18.2 Å². The fraction of sp³-hybridized carbons (Fsp3) is 0.588. The molecule has 1 spiro atoms. The maximum absolute atomic E-state index is 12.2. The van der Waals surface area contributed by atoms with Gasteiger partial charge in [-0.1, -0.05) is 32.0 Å². The third kappa shape index (κ3) is 1.72. The third-order valence-corrected chi connectivity index (χ3v) is 5.04. The highest BCUT2D eigenvalue weighted by Crippen LogP contribution is 2.50. The number of piperidine rings is 1. The molecule has 3 rings (SSSR count). The number of likely N-dealkylation sites (tertiary alicyclic amines) is 1. The van der Waals surface area contributed by atoms with Crippen LogP contribution in [0.2, 0.25) is 0 Å². The molecule has 0 aliphatic carbocycles. The van der Waals surface area contributed by atoms with E-state index in [2.05, 4.69) is 38.7 Å². The van der Waals surface area contributed by atoms with Gasteiger partial charge in [-0.05, 0) is 19.9 Å². The average Bonchev–Trinajstić information content (AvgIpc) is 2.71. The van der Waals surface area contributed by atoms with Crippen LogP contribution < -0.4 is 0 Å². The summed E-state index contributed by atoms with van der Waals surface area (Å²) < 4.78 is 5.95. The summed E-state index contributed by atoms with van der Waals surface area (Å²) in [6.07, 6.45) is 0. The first-order valence-electron chi connectivity index (χ1n) is 7.53. The molecule has 1 saturated heterocycles. The van der Waals surface area contributed by atoms with Crippen LogP contribution in [-0.4, -0.2) is 30.0 Å². The standard InChI is InChI=1S/C17H23NO2/c1-11(2)18-9-12(3)17(13(4)10-18)15-8-6-5-7-14(15)16(19)20-17/h5-8,11-13H,9-10H2,1-4H3. The minimum atomic E-state index is -0.431. The van der Waals surface area contributed by atoms with Crippen molar-refractivity contribution in [1.29, 1.82) is 0 Å². The van der Waals surface area contributed by atoms with Crippen molar-refractivity contribution < 1.29 is 9.53 Å². The number of hydrogen-bond donors (Lipinski definition) is 0. The molecule has 1 aromatic rings. The van der Waals surface area contributed by atoms with Gasteiger partial charge in [0.05, 0.1) is 5.56 Å². The minimum absolute atomic E-state index is 0.155. The smallest absolute Gasteiger partial charge is 0.339 e. The molecule has 1 fully saturated rings. The molecule has 3 nitrogen and oxygen atoms in total. The van der Waals surface area contributed by atoms with Gasteiger partial charge in [-0.15, -0.1) is 0 Å². The van der Waals surface area contributed by atoms with Crippen molar-refractivity contribution in [3.63, 3.8) is 0 Å². The van der Waals surface area contributed by atoms with E-state index in [-0.39, 0.29) is 5.97 Å². The lowest BCUT2D eigenvalue weighted by atomic mass is 9.70. The van der Waals surface area contributed by atoms with Crippen molar-refractivity contribution in [3.05, 3.63) is 35.4 Å². The zero-order valence-electron chi connectivity index (χ0n) is 12.7. The lowest BCUT2D eigenvalue weighted by molar-refractivity contribution is -0.116. The molecule has 108 valence electrons. The SMILES string of the molecule is CC(C)N1CC(C)C2(OC(=O)c3ccccc32)C(C)C1. The summed E-state index contributed by atoms with van der Waals surface area (Å²) in [5.74, 6) is 0.458.